The number of benzene rings is 2. The zero-order chi connectivity index (χ0) is 15.6. The maximum Gasteiger partial charge on any atom is 0.240 e. The first-order valence-corrected chi connectivity index (χ1v) is 8.54. The lowest BCUT2D eigenvalue weighted by atomic mass is 10.2. The molecule has 0 aromatic heterocycles. The molecule has 2 aromatic carbocycles. The van der Waals surface area contributed by atoms with Gasteiger partial charge in [0.1, 0.15) is 12.7 Å². The molecule has 1 aliphatic heterocycles. The molecule has 1 aliphatic rings. The van der Waals surface area contributed by atoms with E-state index in [0.717, 1.165) is 0 Å². The van der Waals surface area contributed by atoms with E-state index in [1.54, 1.807) is 6.07 Å². The van der Waals surface area contributed by atoms with E-state index in [2.05, 4.69) is 4.72 Å². The fourth-order valence-electron chi connectivity index (χ4n) is 2.06. The van der Waals surface area contributed by atoms with Gasteiger partial charge in [-0.05, 0) is 36.4 Å². The topological polar surface area (TPSA) is 64.6 Å². The summed E-state index contributed by atoms with van der Waals surface area (Å²) in [6, 6.07) is 13.3. The van der Waals surface area contributed by atoms with E-state index in [-0.39, 0.29) is 17.5 Å². The second-order valence-corrected chi connectivity index (χ2v) is 7.01. The van der Waals surface area contributed by atoms with Gasteiger partial charge in [-0.3, -0.25) is 0 Å². The monoisotopic (exact) mass is 339 g/mol. The third-order valence-corrected chi connectivity index (χ3v) is 4.88. The largest absolute Gasteiger partial charge is 0.486 e. The minimum absolute atomic E-state index is 0.124. The SMILES string of the molecule is O=S(=O)(NC[C@H]1COc2ccccc2O1)c1ccc(Cl)cc1. The van der Waals surface area contributed by atoms with Gasteiger partial charge in [-0.25, -0.2) is 13.1 Å². The Kier molecular flexibility index (Phi) is 4.24. The van der Waals surface area contributed by atoms with Crippen LogP contribution in [0.1, 0.15) is 0 Å². The van der Waals surface area contributed by atoms with Crippen molar-refractivity contribution in [3.63, 3.8) is 0 Å². The third-order valence-electron chi connectivity index (χ3n) is 3.19. The summed E-state index contributed by atoms with van der Waals surface area (Å²) >= 11 is 5.76. The van der Waals surface area contributed by atoms with E-state index in [9.17, 15) is 8.42 Å². The van der Waals surface area contributed by atoms with Crippen molar-refractivity contribution in [2.75, 3.05) is 13.2 Å². The van der Waals surface area contributed by atoms with Crippen LogP contribution in [0.3, 0.4) is 0 Å². The third kappa shape index (κ3) is 3.35. The molecule has 0 aliphatic carbocycles. The maximum atomic E-state index is 12.2. The van der Waals surface area contributed by atoms with Gasteiger partial charge in [0.05, 0.1) is 11.4 Å². The van der Waals surface area contributed by atoms with Crippen LogP contribution in [-0.4, -0.2) is 27.7 Å². The van der Waals surface area contributed by atoms with E-state index < -0.39 is 10.0 Å². The summed E-state index contributed by atoms with van der Waals surface area (Å²) in [6.07, 6.45) is -0.378. The van der Waals surface area contributed by atoms with Gasteiger partial charge in [-0.1, -0.05) is 23.7 Å². The van der Waals surface area contributed by atoms with Crippen molar-refractivity contribution in [1.29, 1.82) is 0 Å². The molecular formula is C15H14ClNO4S. The normalized spacial score (nSPS) is 17.2. The number of hydrogen-bond acceptors (Lipinski definition) is 4. The zero-order valence-electron chi connectivity index (χ0n) is 11.5. The quantitative estimate of drug-likeness (QED) is 0.929. The Morgan fingerprint density at radius 2 is 1.77 bits per heavy atom. The van der Waals surface area contributed by atoms with Gasteiger partial charge < -0.3 is 9.47 Å². The van der Waals surface area contributed by atoms with E-state index >= 15 is 0 Å². The minimum atomic E-state index is -3.60. The summed E-state index contributed by atoms with van der Waals surface area (Å²) in [5, 5.41) is 0.486. The van der Waals surface area contributed by atoms with Crippen molar-refractivity contribution in [3.05, 3.63) is 53.6 Å². The van der Waals surface area contributed by atoms with Gasteiger partial charge >= 0.3 is 0 Å². The second kappa shape index (κ2) is 6.16. The second-order valence-electron chi connectivity index (χ2n) is 4.80. The molecule has 1 heterocycles. The lowest BCUT2D eigenvalue weighted by Gasteiger charge is -2.26. The Morgan fingerprint density at radius 1 is 1.09 bits per heavy atom. The van der Waals surface area contributed by atoms with Crippen LogP contribution in [0, 0.1) is 0 Å². The first-order valence-electron chi connectivity index (χ1n) is 6.68. The summed E-state index contributed by atoms with van der Waals surface area (Å²) < 4.78 is 38.1. The molecule has 0 spiro atoms. The predicted octanol–water partition coefficient (Wildman–Crippen LogP) is 2.46. The number of para-hydroxylation sites is 2. The van der Waals surface area contributed by atoms with Crippen LogP contribution in [0.2, 0.25) is 5.02 Å². The number of hydrogen-bond donors (Lipinski definition) is 1. The van der Waals surface area contributed by atoms with Gasteiger partial charge in [-0.2, -0.15) is 0 Å². The highest BCUT2D eigenvalue weighted by Gasteiger charge is 2.23. The molecule has 0 saturated heterocycles. The van der Waals surface area contributed by atoms with Crippen LogP contribution in [0.15, 0.2) is 53.4 Å². The van der Waals surface area contributed by atoms with E-state index in [1.807, 2.05) is 18.2 Å². The van der Waals surface area contributed by atoms with Crippen molar-refractivity contribution in [2.24, 2.45) is 0 Å². The standard InChI is InChI=1S/C15H14ClNO4S/c16-11-5-7-13(8-6-11)22(18,19)17-9-12-10-20-14-3-1-2-4-15(14)21-12/h1-8,12,17H,9-10H2/t12-/m0/s1. The molecule has 0 radical (unpaired) electrons. The molecule has 0 fully saturated rings. The smallest absolute Gasteiger partial charge is 0.240 e. The first kappa shape index (κ1) is 15.1. The lowest BCUT2D eigenvalue weighted by Crippen LogP contribution is -2.40. The molecule has 5 nitrogen and oxygen atoms in total. The predicted molar refractivity (Wildman–Crippen MR) is 83.0 cm³/mol. The molecule has 2 aromatic rings. The average molecular weight is 340 g/mol. The molecule has 116 valence electrons. The van der Waals surface area contributed by atoms with Crippen LogP contribution in [-0.2, 0) is 10.0 Å². The summed E-state index contributed by atoms with van der Waals surface area (Å²) in [4.78, 5) is 0.161. The number of sulfonamides is 1. The Balaban J connectivity index is 1.64. The maximum absolute atomic E-state index is 12.2. The fourth-order valence-corrected chi connectivity index (χ4v) is 3.26. The molecule has 7 heteroatoms. The number of ether oxygens (including phenoxy) is 2. The van der Waals surface area contributed by atoms with Crippen molar-refractivity contribution in [2.45, 2.75) is 11.0 Å². The van der Waals surface area contributed by atoms with E-state index in [4.69, 9.17) is 21.1 Å². The van der Waals surface area contributed by atoms with E-state index in [1.165, 1.54) is 24.3 Å². The highest BCUT2D eigenvalue weighted by atomic mass is 35.5. The molecule has 1 N–H and O–H groups in total. The van der Waals surface area contributed by atoms with Crippen LogP contribution in [0.4, 0.5) is 0 Å². The Hall–Kier alpha value is -1.76. The average Bonchev–Trinajstić information content (AvgIpc) is 2.53. The van der Waals surface area contributed by atoms with Crippen LogP contribution in [0.5, 0.6) is 11.5 Å². The zero-order valence-corrected chi connectivity index (χ0v) is 13.1. The van der Waals surface area contributed by atoms with Gasteiger partial charge in [0.15, 0.2) is 11.5 Å². The number of rotatable bonds is 4. The summed E-state index contributed by atoms with van der Waals surface area (Å²) in [7, 11) is -3.60. The van der Waals surface area contributed by atoms with Crippen molar-refractivity contribution >= 4 is 21.6 Å². The summed E-state index contributed by atoms with van der Waals surface area (Å²) in [6.45, 7) is 0.416. The van der Waals surface area contributed by atoms with Gasteiger partial charge in [0.25, 0.3) is 0 Å². The van der Waals surface area contributed by atoms with Crippen LogP contribution in [0.25, 0.3) is 0 Å². The van der Waals surface area contributed by atoms with Gasteiger partial charge in [-0.15, -0.1) is 0 Å². The molecule has 0 amide bonds. The minimum Gasteiger partial charge on any atom is -0.486 e. The van der Waals surface area contributed by atoms with E-state index in [0.29, 0.717) is 23.1 Å². The Bertz CT molecular complexity index is 761. The van der Waals surface area contributed by atoms with Crippen molar-refractivity contribution in [3.8, 4) is 11.5 Å². The molecule has 0 bridgehead atoms. The summed E-state index contributed by atoms with van der Waals surface area (Å²) in [5.74, 6) is 1.28. The Labute approximate surface area is 133 Å². The van der Waals surface area contributed by atoms with Crippen molar-refractivity contribution in [1.82, 2.24) is 4.72 Å². The van der Waals surface area contributed by atoms with Crippen molar-refractivity contribution < 1.29 is 17.9 Å². The molecule has 0 saturated carbocycles. The molecule has 1 atom stereocenters. The highest BCUT2D eigenvalue weighted by Crippen LogP contribution is 2.30. The molecule has 3 rings (SSSR count). The lowest BCUT2D eigenvalue weighted by molar-refractivity contribution is 0.0943. The number of fused-ring (bicyclic) bond motifs is 1. The van der Waals surface area contributed by atoms with Gasteiger partial charge in [0, 0.05) is 5.02 Å². The number of nitrogens with one attached hydrogen (secondary N) is 1. The number of halogens is 1. The summed E-state index contributed by atoms with van der Waals surface area (Å²) in [5.41, 5.74) is 0. The Morgan fingerprint density at radius 3 is 2.50 bits per heavy atom. The van der Waals surface area contributed by atoms with Gasteiger partial charge in [0.2, 0.25) is 10.0 Å². The molecule has 0 unspecified atom stereocenters. The molecule has 22 heavy (non-hydrogen) atoms. The molecular weight excluding hydrogens is 326 g/mol. The van der Waals surface area contributed by atoms with Crippen LogP contribution < -0.4 is 14.2 Å². The highest BCUT2D eigenvalue weighted by molar-refractivity contribution is 7.89. The fraction of sp³-hybridized carbons (Fsp3) is 0.200. The van der Waals surface area contributed by atoms with Crippen LogP contribution >= 0.6 is 11.6 Å². The first-order chi connectivity index (χ1) is 10.5.